The molecule has 2 heterocycles. The van der Waals surface area contributed by atoms with E-state index in [0.29, 0.717) is 29.6 Å². The SMILES string of the molecule is COc1cccc(CNC(=O)[C@@H]2CCCN(c3ccc(=O)n(-c4cccc(Cl)c4)n3)C2)c1. The van der Waals surface area contributed by atoms with Crippen molar-refractivity contribution in [3.05, 3.63) is 81.6 Å². The molecule has 0 spiro atoms. The Labute approximate surface area is 191 Å². The summed E-state index contributed by atoms with van der Waals surface area (Å²) in [6, 6.07) is 17.9. The maximum Gasteiger partial charge on any atom is 0.271 e. The van der Waals surface area contributed by atoms with Crippen LogP contribution in [0.3, 0.4) is 0 Å². The molecule has 1 aliphatic heterocycles. The Bertz CT molecular complexity index is 1160. The first-order valence-electron chi connectivity index (χ1n) is 10.6. The van der Waals surface area contributed by atoms with Gasteiger partial charge in [-0.2, -0.15) is 4.68 Å². The summed E-state index contributed by atoms with van der Waals surface area (Å²) in [6.07, 6.45) is 1.68. The molecule has 1 aromatic heterocycles. The first-order valence-corrected chi connectivity index (χ1v) is 10.9. The lowest BCUT2D eigenvalue weighted by atomic mass is 9.97. The summed E-state index contributed by atoms with van der Waals surface area (Å²) < 4.78 is 6.58. The zero-order valence-electron chi connectivity index (χ0n) is 17.8. The van der Waals surface area contributed by atoms with Gasteiger partial charge in [0.15, 0.2) is 0 Å². The van der Waals surface area contributed by atoms with E-state index in [0.717, 1.165) is 30.7 Å². The number of hydrogen-bond donors (Lipinski definition) is 1. The molecule has 1 N–H and O–H groups in total. The van der Waals surface area contributed by atoms with Crippen molar-refractivity contribution < 1.29 is 9.53 Å². The number of methoxy groups -OCH3 is 1. The van der Waals surface area contributed by atoms with E-state index in [4.69, 9.17) is 16.3 Å². The van der Waals surface area contributed by atoms with Crippen molar-refractivity contribution in [2.45, 2.75) is 19.4 Å². The first kappa shape index (κ1) is 21.9. The minimum Gasteiger partial charge on any atom is -0.497 e. The summed E-state index contributed by atoms with van der Waals surface area (Å²) in [5, 5.41) is 8.11. The zero-order chi connectivity index (χ0) is 22.5. The molecule has 8 heteroatoms. The molecule has 0 unspecified atom stereocenters. The molecule has 1 amide bonds. The number of rotatable bonds is 6. The first-order chi connectivity index (χ1) is 15.5. The molecule has 32 heavy (non-hydrogen) atoms. The predicted molar refractivity (Wildman–Crippen MR) is 125 cm³/mol. The average molecular weight is 453 g/mol. The van der Waals surface area contributed by atoms with E-state index in [9.17, 15) is 9.59 Å². The fraction of sp³-hybridized carbons (Fsp3) is 0.292. The molecule has 0 bridgehead atoms. The van der Waals surface area contributed by atoms with E-state index in [1.165, 1.54) is 10.7 Å². The molecule has 166 valence electrons. The largest absolute Gasteiger partial charge is 0.497 e. The normalized spacial score (nSPS) is 15.9. The van der Waals surface area contributed by atoms with Crippen molar-refractivity contribution in [1.29, 1.82) is 0 Å². The van der Waals surface area contributed by atoms with Crippen LogP contribution in [0, 0.1) is 5.92 Å². The Morgan fingerprint density at radius 2 is 2.03 bits per heavy atom. The number of piperidine rings is 1. The highest BCUT2D eigenvalue weighted by Crippen LogP contribution is 2.22. The fourth-order valence-electron chi connectivity index (χ4n) is 3.88. The van der Waals surface area contributed by atoms with Crippen LogP contribution in [0.25, 0.3) is 5.69 Å². The van der Waals surface area contributed by atoms with E-state index in [-0.39, 0.29) is 17.4 Å². The van der Waals surface area contributed by atoms with Gasteiger partial charge in [0.05, 0.1) is 18.7 Å². The highest BCUT2D eigenvalue weighted by atomic mass is 35.5. The van der Waals surface area contributed by atoms with Gasteiger partial charge in [0.2, 0.25) is 5.91 Å². The number of hydrogen-bond acceptors (Lipinski definition) is 5. The Kier molecular flexibility index (Phi) is 6.75. The molecule has 0 aliphatic carbocycles. The minimum absolute atomic E-state index is 0.0145. The second-order valence-electron chi connectivity index (χ2n) is 7.78. The molecule has 0 saturated carbocycles. The summed E-state index contributed by atoms with van der Waals surface area (Å²) in [6.45, 7) is 1.77. The summed E-state index contributed by atoms with van der Waals surface area (Å²) >= 11 is 6.08. The van der Waals surface area contributed by atoms with Gasteiger partial charge in [-0.3, -0.25) is 9.59 Å². The van der Waals surface area contributed by atoms with E-state index >= 15 is 0 Å². The molecular weight excluding hydrogens is 428 g/mol. The van der Waals surface area contributed by atoms with E-state index in [1.54, 1.807) is 37.4 Å². The van der Waals surface area contributed by atoms with E-state index in [2.05, 4.69) is 15.3 Å². The molecule has 1 saturated heterocycles. The van der Waals surface area contributed by atoms with Crippen molar-refractivity contribution >= 4 is 23.3 Å². The number of benzene rings is 2. The third-order valence-electron chi connectivity index (χ3n) is 5.56. The Hall–Kier alpha value is -3.32. The number of amides is 1. The molecular formula is C24H25ClN4O3. The number of halogens is 1. The summed E-state index contributed by atoms with van der Waals surface area (Å²) in [5.41, 5.74) is 1.36. The highest BCUT2D eigenvalue weighted by Gasteiger charge is 2.27. The van der Waals surface area contributed by atoms with Gasteiger partial charge in [-0.15, -0.1) is 5.10 Å². The van der Waals surface area contributed by atoms with Crippen molar-refractivity contribution in [3.8, 4) is 11.4 Å². The smallest absolute Gasteiger partial charge is 0.271 e. The number of aromatic nitrogens is 2. The van der Waals surface area contributed by atoms with Gasteiger partial charge in [0.1, 0.15) is 11.6 Å². The molecule has 1 atom stereocenters. The van der Waals surface area contributed by atoms with Crippen molar-refractivity contribution in [1.82, 2.24) is 15.1 Å². The molecule has 1 fully saturated rings. The zero-order valence-corrected chi connectivity index (χ0v) is 18.6. The Morgan fingerprint density at radius 3 is 2.84 bits per heavy atom. The molecule has 4 rings (SSSR count). The van der Waals surface area contributed by atoms with Crippen molar-refractivity contribution in [2.24, 2.45) is 5.92 Å². The van der Waals surface area contributed by atoms with Gasteiger partial charge in [0.25, 0.3) is 5.56 Å². The second kappa shape index (κ2) is 9.87. The van der Waals surface area contributed by atoms with Crippen LogP contribution in [0.1, 0.15) is 18.4 Å². The minimum atomic E-state index is -0.236. The maximum absolute atomic E-state index is 12.8. The quantitative estimate of drug-likeness (QED) is 0.620. The van der Waals surface area contributed by atoms with Crippen molar-refractivity contribution in [2.75, 3.05) is 25.1 Å². The Morgan fingerprint density at radius 1 is 1.19 bits per heavy atom. The van der Waals surface area contributed by atoms with Gasteiger partial charge in [-0.1, -0.05) is 29.8 Å². The van der Waals surface area contributed by atoms with Crippen LogP contribution in [0.15, 0.2) is 65.5 Å². The summed E-state index contributed by atoms with van der Waals surface area (Å²) in [5.74, 6) is 1.29. The van der Waals surface area contributed by atoms with E-state index in [1.807, 2.05) is 24.3 Å². The van der Waals surface area contributed by atoms with Crippen LogP contribution in [0.2, 0.25) is 5.02 Å². The van der Waals surface area contributed by atoms with Gasteiger partial charge in [-0.05, 0) is 54.8 Å². The van der Waals surface area contributed by atoms with Crippen LogP contribution in [-0.2, 0) is 11.3 Å². The van der Waals surface area contributed by atoms with Crippen LogP contribution < -0.4 is 20.5 Å². The number of carbonyl (C=O) groups is 1. The topological polar surface area (TPSA) is 76.5 Å². The van der Waals surface area contributed by atoms with Crippen LogP contribution in [-0.4, -0.2) is 35.9 Å². The van der Waals surface area contributed by atoms with Gasteiger partial charge in [0, 0.05) is 30.7 Å². The summed E-state index contributed by atoms with van der Waals surface area (Å²) in [4.78, 5) is 27.2. The lowest BCUT2D eigenvalue weighted by molar-refractivity contribution is -0.125. The lowest BCUT2D eigenvalue weighted by Gasteiger charge is -2.33. The molecule has 7 nitrogen and oxygen atoms in total. The predicted octanol–water partition coefficient (Wildman–Crippen LogP) is 3.43. The standard InChI is InChI=1S/C24H25ClN4O3/c1-32-21-9-2-5-17(13-21)15-26-24(31)18-6-4-12-28(16-18)22-10-11-23(30)29(27-22)20-8-3-7-19(25)14-20/h2-3,5,7-11,13-14,18H,4,6,12,15-16H2,1H3,(H,26,31)/t18-/m1/s1. The lowest BCUT2D eigenvalue weighted by Crippen LogP contribution is -2.43. The Balaban J connectivity index is 1.45. The second-order valence-corrected chi connectivity index (χ2v) is 8.21. The number of nitrogens with one attached hydrogen (secondary N) is 1. The molecule has 0 radical (unpaired) electrons. The number of carbonyl (C=O) groups excluding carboxylic acids is 1. The van der Waals surface area contributed by atoms with Gasteiger partial charge >= 0.3 is 0 Å². The van der Waals surface area contributed by atoms with Crippen LogP contribution >= 0.6 is 11.6 Å². The van der Waals surface area contributed by atoms with Crippen LogP contribution in [0.4, 0.5) is 5.82 Å². The summed E-state index contributed by atoms with van der Waals surface area (Å²) in [7, 11) is 1.62. The van der Waals surface area contributed by atoms with E-state index < -0.39 is 0 Å². The number of ether oxygens (including phenoxy) is 1. The van der Waals surface area contributed by atoms with Gasteiger partial charge < -0.3 is 15.0 Å². The molecule has 3 aromatic rings. The monoisotopic (exact) mass is 452 g/mol. The van der Waals surface area contributed by atoms with Crippen molar-refractivity contribution in [3.63, 3.8) is 0 Å². The third kappa shape index (κ3) is 5.11. The highest BCUT2D eigenvalue weighted by molar-refractivity contribution is 6.30. The average Bonchev–Trinajstić information content (AvgIpc) is 2.83. The molecule has 2 aromatic carbocycles. The molecule has 1 aliphatic rings. The maximum atomic E-state index is 12.8. The van der Waals surface area contributed by atoms with Gasteiger partial charge in [-0.25, -0.2) is 0 Å². The number of nitrogens with zero attached hydrogens (tertiary/aromatic N) is 3. The third-order valence-corrected chi connectivity index (χ3v) is 5.79. The number of anilines is 1. The fourth-order valence-corrected chi connectivity index (χ4v) is 4.06. The van der Waals surface area contributed by atoms with Crippen LogP contribution in [0.5, 0.6) is 5.75 Å².